The van der Waals surface area contributed by atoms with E-state index in [2.05, 4.69) is 4.72 Å². The van der Waals surface area contributed by atoms with Crippen molar-refractivity contribution in [1.29, 1.82) is 0 Å². The van der Waals surface area contributed by atoms with Gasteiger partial charge >= 0.3 is 0 Å². The standard InChI is InChI=1S/C24H23ClN2O3S/c1-16-8-10-18(11-9-16)24(28)27-14-4-5-19-15-20(12-13-23(19)27)31(29,30)26-22-7-3-6-21(25)17(22)2/h3,6-13,15,26H,4-5,14H2,1-2H3. The van der Waals surface area contributed by atoms with Gasteiger partial charge in [0.1, 0.15) is 0 Å². The second kappa shape index (κ2) is 8.36. The Morgan fingerprint density at radius 3 is 2.52 bits per heavy atom. The highest BCUT2D eigenvalue weighted by atomic mass is 35.5. The van der Waals surface area contributed by atoms with Gasteiger partial charge in [0.05, 0.1) is 10.6 Å². The van der Waals surface area contributed by atoms with Crippen LogP contribution in [0.5, 0.6) is 0 Å². The Morgan fingerprint density at radius 2 is 1.77 bits per heavy atom. The van der Waals surface area contributed by atoms with Gasteiger partial charge in [0.2, 0.25) is 0 Å². The largest absolute Gasteiger partial charge is 0.308 e. The first kappa shape index (κ1) is 21.4. The molecule has 160 valence electrons. The summed E-state index contributed by atoms with van der Waals surface area (Å²) in [4.78, 5) is 14.9. The Morgan fingerprint density at radius 1 is 1.03 bits per heavy atom. The lowest BCUT2D eigenvalue weighted by Gasteiger charge is -2.30. The number of carbonyl (C=O) groups excluding carboxylic acids is 1. The first-order valence-corrected chi connectivity index (χ1v) is 11.9. The van der Waals surface area contributed by atoms with Crippen molar-refractivity contribution >= 4 is 38.9 Å². The second-order valence-corrected chi connectivity index (χ2v) is 9.82. The molecule has 1 aliphatic heterocycles. The fourth-order valence-electron chi connectivity index (χ4n) is 3.73. The van der Waals surface area contributed by atoms with Crippen molar-refractivity contribution in [2.45, 2.75) is 31.6 Å². The highest BCUT2D eigenvalue weighted by Crippen LogP contribution is 2.32. The van der Waals surface area contributed by atoms with Crippen LogP contribution in [-0.2, 0) is 16.4 Å². The van der Waals surface area contributed by atoms with E-state index >= 15 is 0 Å². The molecule has 0 aromatic heterocycles. The zero-order valence-electron chi connectivity index (χ0n) is 17.4. The molecule has 0 aliphatic carbocycles. The summed E-state index contributed by atoms with van der Waals surface area (Å²) >= 11 is 6.12. The van der Waals surface area contributed by atoms with E-state index in [1.165, 1.54) is 0 Å². The molecule has 3 aromatic carbocycles. The SMILES string of the molecule is Cc1ccc(C(=O)N2CCCc3cc(S(=O)(=O)Nc4cccc(Cl)c4C)ccc32)cc1. The molecule has 0 unspecified atom stereocenters. The molecule has 3 aromatic rings. The number of hydrogen-bond acceptors (Lipinski definition) is 3. The third-order valence-corrected chi connectivity index (χ3v) is 7.31. The number of rotatable bonds is 4. The van der Waals surface area contributed by atoms with Crippen LogP contribution in [0.4, 0.5) is 11.4 Å². The third kappa shape index (κ3) is 4.31. The van der Waals surface area contributed by atoms with Crippen LogP contribution >= 0.6 is 11.6 Å². The number of aryl methyl sites for hydroxylation is 2. The number of benzene rings is 3. The number of hydrogen-bond donors (Lipinski definition) is 1. The molecule has 0 fully saturated rings. The van der Waals surface area contributed by atoms with Crippen LogP contribution < -0.4 is 9.62 Å². The lowest BCUT2D eigenvalue weighted by atomic mass is 10.0. The van der Waals surface area contributed by atoms with Crippen molar-refractivity contribution < 1.29 is 13.2 Å². The van der Waals surface area contributed by atoms with Gasteiger partial charge in [0.15, 0.2) is 0 Å². The van der Waals surface area contributed by atoms with Gasteiger partial charge in [-0.05, 0) is 80.3 Å². The number of sulfonamides is 1. The second-order valence-electron chi connectivity index (χ2n) is 7.73. The van der Waals surface area contributed by atoms with E-state index in [9.17, 15) is 13.2 Å². The number of anilines is 2. The summed E-state index contributed by atoms with van der Waals surface area (Å²) < 4.78 is 28.6. The Labute approximate surface area is 187 Å². The minimum atomic E-state index is -3.79. The maximum absolute atomic E-state index is 13.0. The lowest BCUT2D eigenvalue weighted by Crippen LogP contribution is -2.35. The average Bonchev–Trinajstić information content (AvgIpc) is 2.76. The molecule has 1 N–H and O–H groups in total. The van der Waals surface area contributed by atoms with Crippen LogP contribution in [0.2, 0.25) is 5.02 Å². The highest BCUT2D eigenvalue weighted by Gasteiger charge is 2.26. The zero-order chi connectivity index (χ0) is 22.2. The molecular weight excluding hydrogens is 432 g/mol. The molecule has 0 radical (unpaired) electrons. The summed E-state index contributed by atoms with van der Waals surface area (Å²) in [7, 11) is -3.79. The van der Waals surface area contributed by atoms with Gasteiger partial charge in [-0.1, -0.05) is 35.4 Å². The van der Waals surface area contributed by atoms with Gasteiger partial charge in [-0.25, -0.2) is 8.42 Å². The molecule has 1 aliphatic rings. The van der Waals surface area contributed by atoms with Crippen LogP contribution in [0, 0.1) is 13.8 Å². The van der Waals surface area contributed by atoms with E-state index in [0.717, 1.165) is 23.2 Å². The maximum atomic E-state index is 13.0. The average molecular weight is 455 g/mol. The van der Waals surface area contributed by atoms with Crippen LogP contribution in [0.3, 0.4) is 0 Å². The van der Waals surface area contributed by atoms with E-state index < -0.39 is 10.0 Å². The smallest absolute Gasteiger partial charge is 0.261 e. The minimum Gasteiger partial charge on any atom is -0.308 e. The fourth-order valence-corrected chi connectivity index (χ4v) is 5.07. The quantitative estimate of drug-likeness (QED) is 0.577. The van der Waals surface area contributed by atoms with Crippen LogP contribution in [0.25, 0.3) is 0 Å². The molecule has 0 atom stereocenters. The van der Waals surface area contributed by atoms with Crippen molar-refractivity contribution in [1.82, 2.24) is 0 Å². The van der Waals surface area contributed by atoms with Crippen molar-refractivity contribution in [3.8, 4) is 0 Å². The predicted octanol–water partition coefficient (Wildman–Crippen LogP) is 5.35. The normalized spacial score (nSPS) is 13.6. The summed E-state index contributed by atoms with van der Waals surface area (Å²) in [6.45, 7) is 4.35. The summed E-state index contributed by atoms with van der Waals surface area (Å²) in [5.41, 5.74) is 4.43. The van der Waals surface area contributed by atoms with Crippen molar-refractivity contribution in [3.63, 3.8) is 0 Å². The predicted molar refractivity (Wildman–Crippen MR) is 125 cm³/mol. The first-order chi connectivity index (χ1) is 14.8. The molecule has 7 heteroatoms. The summed E-state index contributed by atoms with van der Waals surface area (Å²) in [5, 5.41) is 0.496. The van der Waals surface area contributed by atoms with Crippen LogP contribution in [0.1, 0.15) is 33.5 Å². The monoisotopic (exact) mass is 454 g/mol. The molecule has 5 nitrogen and oxygen atoms in total. The number of nitrogens with one attached hydrogen (secondary N) is 1. The Balaban J connectivity index is 1.64. The molecule has 0 saturated heterocycles. The molecule has 0 spiro atoms. The van der Waals surface area contributed by atoms with Crippen LogP contribution in [-0.4, -0.2) is 20.9 Å². The molecule has 31 heavy (non-hydrogen) atoms. The number of nitrogens with zero attached hydrogens (tertiary/aromatic N) is 1. The van der Waals surface area contributed by atoms with Gasteiger partial charge in [0, 0.05) is 22.8 Å². The van der Waals surface area contributed by atoms with E-state index in [0.29, 0.717) is 34.8 Å². The molecule has 4 rings (SSSR count). The lowest BCUT2D eigenvalue weighted by molar-refractivity contribution is 0.0985. The number of halogens is 1. The minimum absolute atomic E-state index is 0.0794. The molecule has 1 heterocycles. The Kier molecular flexibility index (Phi) is 5.77. The number of carbonyl (C=O) groups is 1. The topological polar surface area (TPSA) is 66.5 Å². The maximum Gasteiger partial charge on any atom is 0.261 e. The number of amides is 1. The van der Waals surface area contributed by atoms with Gasteiger partial charge in [0.25, 0.3) is 15.9 Å². The first-order valence-electron chi connectivity index (χ1n) is 10.1. The zero-order valence-corrected chi connectivity index (χ0v) is 18.9. The van der Waals surface area contributed by atoms with E-state index in [1.54, 1.807) is 48.2 Å². The fraction of sp³-hybridized carbons (Fsp3) is 0.208. The van der Waals surface area contributed by atoms with E-state index in [-0.39, 0.29) is 10.8 Å². The summed E-state index contributed by atoms with van der Waals surface area (Å²) in [5.74, 6) is -0.0794. The van der Waals surface area contributed by atoms with Crippen molar-refractivity contribution in [2.24, 2.45) is 0 Å². The highest BCUT2D eigenvalue weighted by molar-refractivity contribution is 7.92. The van der Waals surface area contributed by atoms with E-state index in [4.69, 9.17) is 11.6 Å². The van der Waals surface area contributed by atoms with Gasteiger partial charge < -0.3 is 4.90 Å². The van der Waals surface area contributed by atoms with E-state index in [1.807, 2.05) is 31.2 Å². The third-order valence-electron chi connectivity index (χ3n) is 5.54. The molecular formula is C24H23ClN2O3S. The molecule has 0 bridgehead atoms. The van der Waals surface area contributed by atoms with Crippen molar-refractivity contribution in [2.75, 3.05) is 16.2 Å². The summed E-state index contributed by atoms with van der Waals surface area (Å²) in [6.07, 6.45) is 1.49. The van der Waals surface area contributed by atoms with Gasteiger partial charge in [-0.3, -0.25) is 9.52 Å². The number of fused-ring (bicyclic) bond motifs is 1. The van der Waals surface area contributed by atoms with Gasteiger partial charge in [-0.2, -0.15) is 0 Å². The van der Waals surface area contributed by atoms with Crippen molar-refractivity contribution in [3.05, 3.63) is 87.9 Å². The molecule has 1 amide bonds. The summed E-state index contributed by atoms with van der Waals surface area (Å²) in [6, 6.07) is 17.5. The Bertz CT molecular complexity index is 1250. The molecule has 0 saturated carbocycles. The van der Waals surface area contributed by atoms with Crippen LogP contribution in [0.15, 0.2) is 65.6 Å². The van der Waals surface area contributed by atoms with Gasteiger partial charge in [-0.15, -0.1) is 0 Å². The Hall–Kier alpha value is -2.83.